The number of anilines is 1. The van der Waals surface area contributed by atoms with Gasteiger partial charge in [-0.1, -0.05) is 34.1 Å². The zero-order chi connectivity index (χ0) is 30.2. The van der Waals surface area contributed by atoms with Crippen molar-refractivity contribution in [2.75, 3.05) is 18.1 Å². The highest BCUT2D eigenvalue weighted by Crippen LogP contribution is 2.50. The third kappa shape index (κ3) is 5.59. The van der Waals surface area contributed by atoms with Gasteiger partial charge in [0.2, 0.25) is 11.8 Å². The van der Waals surface area contributed by atoms with Crippen LogP contribution in [0.15, 0.2) is 82.5 Å². The topological polar surface area (TPSA) is 140 Å². The van der Waals surface area contributed by atoms with E-state index >= 15 is 0 Å². The molecule has 4 N–H and O–H groups in total. The Kier molecular flexibility index (Phi) is 8.35. The van der Waals surface area contributed by atoms with E-state index in [0.29, 0.717) is 24.1 Å². The fourth-order valence-electron chi connectivity index (χ4n) is 6.64. The van der Waals surface area contributed by atoms with Crippen molar-refractivity contribution in [3.05, 3.63) is 93.7 Å². The van der Waals surface area contributed by atoms with Crippen LogP contribution in [-0.4, -0.2) is 63.5 Å². The number of hydrogen-bond acceptors (Lipinski definition) is 8. The summed E-state index contributed by atoms with van der Waals surface area (Å²) in [6.07, 6.45) is 4.61. The van der Waals surface area contributed by atoms with Gasteiger partial charge in [0.25, 0.3) is 0 Å². The maximum Gasteiger partial charge on any atom is 0.488 e. The summed E-state index contributed by atoms with van der Waals surface area (Å²) < 4.78 is 7.10. The fourth-order valence-corrected chi connectivity index (χ4v) is 7.02. The number of imide groups is 1. The number of pyridine rings is 1. The SMILES string of the molecule is O=C1[C@@H]2[C@@H](CC(CO)=C3[C@@H](CC/C(=C/c4cc(Br)ccc4O)c4ccccn4)OC[C@@H]32)C(=O)N1c1cccc(B(O)O)c1. The molecule has 2 fully saturated rings. The molecule has 1 aliphatic carbocycles. The minimum absolute atomic E-state index is 0.144. The number of aromatic hydroxyl groups is 1. The number of nitrogens with zero attached hydrogens (tertiary/aromatic N) is 2. The first-order chi connectivity index (χ1) is 20.8. The third-order valence-corrected chi connectivity index (χ3v) is 9.11. The average Bonchev–Trinajstić information content (AvgIpc) is 3.54. The van der Waals surface area contributed by atoms with Gasteiger partial charge in [-0.05, 0) is 90.0 Å². The number of carbonyl (C=O) groups excluding carboxylic acids is 2. The first-order valence-corrected chi connectivity index (χ1v) is 14.9. The lowest BCUT2D eigenvalue weighted by atomic mass is 9.69. The maximum atomic E-state index is 13.8. The molecule has 0 spiro atoms. The number of amides is 2. The smallest absolute Gasteiger partial charge is 0.488 e. The van der Waals surface area contributed by atoms with E-state index in [4.69, 9.17) is 4.74 Å². The number of hydrogen-bond donors (Lipinski definition) is 4. The van der Waals surface area contributed by atoms with E-state index in [1.165, 1.54) is 12.1 Å². The second-order valence-electron chi connectivity index (χ2n) is 11.1. The number of rotatable bonds is 8. The van der Waals surface area contributed by atoms with Crippen molar-refractivity contribution in [3.8, 4) is 5.75 Å². The Labute approximate surface area is 257 Å². The summed E-state index contributed by atoms with van der Waals surface area (Å²) in [5.41, 5.74) is 4.38. The van der Waals surface area contributed by atoms with E-state index < -0.39 is 19.0 Å². The monoisotopic (exact) mass is 644 g/mol. The lowest BCUT2D eigenvalue weighted by Crippen LogP contribution is -2.35. The molecule has 2 amide bonds. The fraction of sp³-hybridized carbons (Fsp3) is 0.281. The summed E-state index contributed by atoms with van der Waals surface area (Å²) in [5.74, 6) is -2.17. The number of halogens is 1. The van der Waals surface area contributed by atoms with Gasteiger partial charge in [-0.15, -0.1) is 0 Å². The molecule has 3 aliphatic rings. The molecule has 0 unspecified atom stereocenters. The Morgan fingerprint density at radius 3 is 2.65 bits per heavy atom. The molecule has 3 heterocycles. The standard InChI is InChI=1S/C32H30BBrN2O7/c34-22-8-9-27(38)19(13-22)12-18(26-6-1-2-11-35-26)7-10-28-29-20(16-37)14-24-30(25(29)17-43-28)32(40)36(31(24)39)23-5-3-4-21(15-23)33(41)42/h1-6,8-9,11-13,15,24-25,28,30,37-38,41-42H,7,10,14,16-17H2/b18-12-/t24-,25+,28-,30-/m1/s1. The van der Waals surface area contributed by atoms with Crippen molar-refractivity contribution in [2.45, 2.75) is 25.4 Å². The Hall–Kier alpha value is -3.61. The van der Waals surface area contributed by atoms with Crippen molar-refractivity contribution in [2.24, 2.45) is 17.8 Å². The molecule has 0 saturated carbocycles. The number of aliphatic hydroxyl groups is 1. The first kappa shape index (κ1) is 29.5. The minimum Gasteiger partial charge on any atom is -0.507 e. The summed E-state index contributed by atoms with van der Waals surface area (Å²) in [6.45, 7) is 0.0133. The van der Waals surface area contributed by atoms with Crippen LogP contribution in [-0.2, 0) is 14.3 Å². The molecular weight excluding hydrogens is 615 g/mol. The van der Waals surface area contributed by atoms with E-state index in [-0.39, 0.29) is 54.7 Å². The molecule has 1 aromatic heterocycles. The van der Waals surface area contributed by atoms with E-state index in [1.54, 1.807) is 30.5 Å². The van der Waals surface area contributed by atoms with Crippen LogP contribution in [0.25, 0.3) is 11.6 Å². The van der Waals surface area contributed by atoms with Crippen LogP contribution in [0, 0.1) is 17.8 Å². The number of benzene rings is 2. The second-order valence-corrected chi connectivity index (χ2v) is 12.0. The Morgan fingerprint density at radius 1 is 1.07 bits per heavy atom. The highest BCUT2D eigenvalue weighted by atomic mass is 79.9. The predicted octanol–water partition coefficient (Wildman–Crippen LogP) is 3.06. The van der Waals surface area contributed by atoms with Crippen molar-refractivity contribution in [3.63, 3.8) is 0 Å². The molecule has 220 valence electrons. The van der Waals surface area contributed by atoms with E-state index in [1.807, 2.05) is 30.3 Å². The molecular formula is C32H30BBrN2O7. The largest absolute Gasteiger partial charge is 0.507 e. The van der Waals surface area contributed by atoms with Gasteiger partial charge in [0.15, 0.2) is 0 Å². The number of aromatic nitrogens is 1. The highest BCUT2D eigenvalue weighted by molar-refractivity contribution is 9.10. The Bertz CT molecular complexity index is 1630. The van der Waals surface area contributed by atoms with Gasteiger partial charge in [0.05, 0.1) is 42.5 Å². The summed E-state index contributed by atoms with van der Waals surface area (Å²) >= 11 is 3.47. The van der Waals surface area contributed by atoms with Crippen LogP contribution in [0.5, 0.6) is 5.75 Å². The molecule has 9 nitrogen and oxygen atoms in total. The second kappa shape index (κ2) is 12.2. The maximum absolute atomic E-state index is 13.8. The minimum atomic E-state index is -1.73. The van der Waals surface area contributed by atoms with Crippen molar-refractivity contribution < 1.29 is 34.6 Å². The average molecular weight is 645 g/mol. The van der Waals surface area contributed by atoms with Gasteiger partial charge >= 0.3 is 7.12 Å². The van der Waals surface area contributed by atoms with E-state index in [2.05, 4.69) is 20.9 Å². The molecule has 4 atom stereocenters. The zero-order valence-corrected chi connectivity index (χ0v) is 24.7. The number of aliphatic hydroxyl groups excluding tert-OH is 1. The predicted molar refractivity (Wildman–Crippen MR) is 165 cm³/mol. The number of fused-ring (bicyclic) bond motifs is 3. The van der Waals surface area contributed by atoms with Crippen LogP contribution in [0.3, 0.4) is 0 Å². The van der Waals surface area contributed by atoms with Crippen molar-refractivity contribution in [1.82, 2.24) is 4.98 Å². The van der Waals surface area contributed by atoms with Crippen LogP contribution >= 0.6 is 15.9 Å². The first-order valence-electron chi connectivity index (χ1n) is 14.2. The number of allylic oxidation sites excluding steroid dienone is 1. The molecule has 2 saturated heterocycles. The molecule has 2 aromatic carbocycles. The highest BCUT2D eigenvalue weighted by Gasteiger charge is 2.57. The van der Waals surface area contributed by atoms with Gasteiger partial charge in [0, 0.05) is 22.2 Å². The van der Waals surface area contributed by atoms with Crippen LogP contribution in [0.4, 0.5) is 5.69 Å². The number of ether oxygens (including phenoxy) is 1. The molecule has 2 aliphatic heterocycles. The number of carbonyl (C=O) groups is 2. The summed E-state index contributed by atoms with van der Waals surface area (Å²) in [5, 5.41) is 40.1. The van der Waals surface area contributed by atoms with Gasteiger partial charge in [-0.3, -0.25) is 19.5 Å². The zero-order valence-electron chi connectivity index (χ0n) is 23.1. The van der Waals surface area contributed by atoms with Crippen LogP contribution in [0.2, 0.25) is 0 Å². The normalized spacial score (nSPS) is 23.5. The van der Waals surface area contributed by atoms with E-state index in [0.717, 1.165) is 31.8 Å². The van der Waals surface area contributed by atoms with Gasteiger partial charge in [-0.2, -0.15) is 0 Å². The van der Waals surface area contributed by atoms with Crippen molar-refractivity contribution >= 4 is 57.7 Å². The van der Waals surface area contributed by atoms with E-state index in [9.17, 15) is 29.9 Å². The summed E-state index contributed by atoms with van der Waals surface area (Å²) in [6, 6.07) is 17.0. The third-order valence-electron chi connectivity index (χ3n) is 8.61. The Morgan fingerprint density at radius 2 is 1.91 bits per heavy atom. The molecule has 43 heavy (non-hydrogen) atoms. The lowest BCUT2D eigenvalue weighted by Gasteiger charge is -2.31. The number of phenols is 1. The van der Waals surface area contributed by atoms with Gasteiger partial charge in [0.1, 0.15) is 5.75 Å². The summed E-state index contributed by atoms with van der Waals surface area (Å²) in [4.78, 5) is 33.0. The molecule has 0 radical (unpaired) electrons. The van der Waals surface area contributed by atoms with Crippen LogP contribution in [0.1, 0.15) is 30.5 Å². The molecule has 6 rings (SSSR count). The van der Waals surface area contributed by atoms with Gasteiger partial charge < -0.3 is 25.0 Å². The van der Waals surface area contributed by atoms with Gasteiger partial charge in [-0.25, -0.2) is 0 Å². The summed E-state index contributed by atoms with van der Waals surface area (Å²) in [7, 11) is -1.73. The Balaban J connectivity index is 1.27. The quantitative estimate of drug-likeness (QED) is 0.167. The molecule has 3 aromatic rings. The van der Waals surface area contributed by atoms with Crippen molar-refractivity contribution in [1.29, 1.82) is 0 Å². The van der Waals surface area contributed by atoms with Crippen LogP contribution < -0.4 is 10.4 Å². The number of phenolic OH excluding ortho intramolecular Hbond substituents is 1. The molecule has 11 heteroatoms. The lowest BCUT2D eigenvalue weighted by molar-refractivity contribution is -0.122. The molecule has 0 bridgehead atoms.